The van der Waals surface area contributed by atoms with E-state index < -0.39 is 17.7 Å². The number of ether oxygens (including phenoxy) is 1. The first-order chi connectivity index (χ1) is 15.4. The Kier molecular flexibility index (Phi) is 8.10. The molecule has 0 bridgehead atoms. The molecule has 7 heteroatoms. The van der Waals surface area contributed by atoms with E-state index in [1.807, 2.05) is 24.3 Å². The van der Waals surface area contributed by atoms with Crippen LogP contribution >= 0.6 is 15.9 Å². The largest absolute Gasteiger partial charge is 0.507 e. The minimum atomic E-state index is -0.661. The topological polar surface area (TPSA) is 70.1 Å². The Morgan fingerprint density at radius 1 is 1.12 bits per heavy atom. The van der Waals surface area contributed by atoms with Gasteiger partial charge in [-0.05, 0) is 68.0 Å². The molecule has 0 spiro atoms. The third-order valence-electron chi connectivity index (χ3n) is 5.84. The van der Waals surface area contributed by atoms with Crippen molar-refractivity contribution < 1.29 is 19.4 Å². The van der Waals surface area contributed by atoms with Crippen molar-refractivity contribution in [2.45, 2.75) is 26.3 Å². The lowest BCUT2D eigenvalue weighted by Crippen LogP contribution is -2.33. The van der Waals surface area contributed by atoms with Crippen molar-refractivity contribution in [3.05, 3.63) is 69.7 Å². The number of ketones is 1. The van der Waals surface area contributed by atoms with Crippen LogP contribution in [0.15, 0.2) is 58.6 Å². The summed E-state index contributed by atoms with van der Waals surface area (Å²) in [5.41, 5.74) is 1.35. The molecule has 0 saturated carbocycles. The van der Waals surface area contributed by atoms with Gasteiger partial charge in [-0.1, -0.05) is 41.9 Å². The van der Waals surface area contributed by atoms with E-state index in [1.165, 1.54) is 0 Å². The predicted octanol–water partition coefficient (Wildman–Crippen LogP) is 4.61. The summed E-state index contributed by atoms with van der Waals surface area (Å²) in [6.07, 6.45) is 0.738. The molecule has 1 atom stereocenters. The highest BCUT2D eigenvalue weighted by Gasteiger charge is 2.45. The molecule has 170 valence electrons. The summed E-state index contributed by atoms with van der Waals surface area (Å²) in [6.45, 7) is 7.33. The number of aliphatic hydroxyl groups excluding tert-OH is 1. The molecule has 0 unspecified atom stereocenters. The average Bonchev–Trinajstić information content (AvgIpc) is 3.06. The lowest BCUT2D eigenvalue weighted by atomic mass is 9.95. The number of Topliss-reactive ketones (excluding diaryl/α,β-unsaturated/α-hetero) is 1. The molecule has 0 aliphatic carbocycles. The first-order valence-corrected chi connectivity index (χ1v) is 11.6. The molecule has 3 rings (SSSR count). The Hall–Kier alpha value is -2.64. The zero-order chi connectivity index (χ0) is 23.3. The van der Waals surface area contributed by atoms with Gasteiger partial charge >= 0.3 is 0 Å². The quantitative estimate of drug-likeness (QED) is 0.309. The number of likely N-dealkylation sites (tertiary alicyclic amines) is 1. The molecular weight excluding hydrogens is 472 g/mol. The number of halogens is 1. The number of benzene rings is 2. The minimum Gasteiger partial charge on any atom is -0.507 e. The molecule has 2 aromatic rings. The van der Waals surface area contributed by atoms with E-state index >= 15 is 0 Å². The first kappa shape index (κ1) is 24.0. The molecule has 0 aromatic heterocycles. The van der Waals surface area contributed by atoms with Gasteiger partial charge < -0.3 is 19.6 Å². The molecule has 32 heavy (non-hydrogen) atoms. The van der Waals surface area contributed by atoms with E-state index in [0.717, 1.165) is 36.1 Å². The van der Waals surface area contributed by atoms with Crippen molar-refractivity contribution in [3.63, 3.8) is 0 Å². The third-order valence-corrected chi connectivity index (χ3v) is 6.33. The van der Waals surface area contributed by atoms with Gasteiger partial charge in [-0.15, -0.1) is 0 Å². The molecule has 1 N–H and O–H groups in total. The number of carbonyl (C=O) groups excluding carboxylic acids is 2. The number of hydrogen-bond donors (Lipinski definition) is 1. The summed E-state index contributed by atoms with van der Waals surface area (Å²) < 4.78 is 6.02. The number of aliphatic hydroxyl groups is 1. The average molecular weight is 501 g/mol. The molecule has 1 saturated heterocycles. The van der Waals surface area contributed by atoms with E-state index in [0.29, 0.717) is 17.9 Å². The highest BCUT2D eigenvalue weighted by atomic mass is 79.9. The van der Waals surface area contributed by atoms with E-state index in [9.17, 15) is 14.7 Å². The van der Waals surface area contributed by atoms with Gasteiger partial charge in [0.05, 0.1) is 18.7 Å². The van der Waals surface area contributed by atoms with E-state index in [2.05, 4.69) is 34.7 Å². The number of hydrogen-bond acceptors (Lipinski definition) is 5. The van der Waals surface area contributed by atoms with Crippen LogP contribution in [-0.4, -0.2) is 59.9 Å². The van der Waals surface area contributed by atoms with Crippen LogP contribution in [0.4, 0.5) is 0 Å². The minimum absolute atomic E-state index is 0.112. The fraction of sp³-hybridized carbons (Fsp3) is 0.360. The van der Waals surface area contributed by atoms with Gasteiger partial charge in [-0.2, -0.15) is 0 Å². The Bertz CT molecular complexity index is 999. The lowest BCUT2D eigenvalue weighted by Gasteiger charge is -2.27. The maximum absolute atomic E-state index is 13.1. The van der Waals surface area contributed by atoms with Crippen LogP contribution in [0.5, 0.6) is 5.75 Å². The fourth-order valence-corrected chi connectivity index (χ4v) is 4.46. The van der Waals surface area contributed by atoms with Gasteiger partial charge in [0.2, 0.25) is 0 Å². The SMILES string of the molecule is CCN(CC)CCCN1C(=O)C(=O)/C(=C(/O)c2ccc(OC)cc2)[C@H]1c1cccc(Br)c1. The van der Waals surface area contributed by atoms with Crippen molar-refractivity contribution >= 4 is 33.4 Å². The Labute approximate surface area is 197 Å². The number of amides is 1. The number of rotatable bonds is 9. The van der Waals surface area contributed by atoms with Gasteiger partial charge in [0.1, 0.15) is 11.5 Å². The normalized spacial score (nSPS) is 17.9. The van der Waals surface area contributed by atoms with Gasteiger partial charge in [-0.25, -0.2) is 0 Å². The van der Waals surface area contributed by atoms with Gasteiger partial charge in [0.15, 0.2) is 0 Å². The molecule has 1 heterocycles. The summed E-state index contributed by atoms with van der Waals surface area (Å²) >= 11 is 3.48. The molecule has 2 aromatic carbocycles. The summed E-state index contributed by atoms with van der Waals surface area (Å²) in [7, 11) is 1.56. The highest BCUT2D eigenvalue weighted by Crippen LogP contribution is 2.40. The van der Waals surface area contributed by atoms with Gasteiger partial charge in [0, 0.05) is 16.6 Å². The van der Waals surface area contributed by atoms with Crippen LogP contribution in [0.25, 0.3) is 5.76 Å². The smallest absolute Gasteiger partial charge is 0.295 e. The zero-order valence-electron chi connectivity index (χ0n) is 18.7. The monoisotopic (exact) mass is 500 g/mol. The second-order valence-electron chi connectivity index (χ2n) is 7.66. The van der Waals surface area contributed by atoms with E-state index in [1.54, 1.807) is 36.3 Å². The van der Waals surface area contributed by atoms with Crippen molar-refractivity contribution in [2.24, 2.45) is 0 Å². The van der Waals surface area contributed by atoms with Gasteiger partial charge in [-0.3, -0.25) is 9.59 Å². The second-order valence-corrected chi connectivity index (χ2v) is 8.57. The highest BCUT2D eigenvalue weighted by molar-refractivity contribution is 9.10. The van der Waals surface area contributed by atoms with Crippen LogP contribution in [0.3, 0.4) is 0 Å². The predicted molar refractivity (Wildman–Crippen MR) is 129 cm³/mol. The number of carbonyl (C=O) groups is 2. The van der Waals surface area contributed by atoms with Crippen molar-refractivity contribution in [2.75, 3.05) is 33.3 Å². The van der Waals surface area contributed by atoms with Crippen LogP contribution in [0.1, 0.15) is 37.4 Å². The van der Waals surface area contributed by atoms with Gasteiger partial charge in [0.25, 0.3) is 11.7 Å². The van der Waals surface area contributed by atoms with E-state index in [4.69, 9.17) is 4.74 Å². The Morgan fingerprint density at radius 2 is 1.81 bits per heavy atom. The Morgan fingerprint density at radius 3 is 2.41 bits per heavy atom. The lowest BCUT2D eigenvalue weighted by molar-refractivity contribution is -0.140. The maximum atomic E-state index is 13.1. The summed E-state index contributed by atoms with van der Waals surface area (Å²) in [5, 5.41) is 11.1. The number of methoxy groups -OCH3 is 1. The third kappa shape index (κ3) is 5.05. The summed E-state index contributed by atoms with van der Waals surface area (Å²) in [4.78, 5) is 30.0. The maximum Gasteiger partial charge on any atom is 0.295 e. The molecule has 1 aliphatic rings. The molecule has 0 radical (unpaired) electrons. The van der Waals surface area contributed by atoms with Crippen LogP contribution < -0.4 is 4.74 Å². The molecular formula is C25H29BrN2O4. The second kappa shape index (κ2) is 10.8. The first-order valence-electron chi connectivity index (χ1n) is 10.8. The van der Waals surface area contributed by atoms with Crippen LogP contribution in [-0.2, 0) is 9.59 Å². The molecule has 1 amide bonds. The van der Waals surface area contributed by atoms with Crippen LogP contribution in [0.2, 0.25) is 0 Å². The van der Waals surface area contributed by atoms with Crippen molar-refractivity contribution in [1.29, 1.82) is 0 Å². The van der Waals surface area contributed by atoms with E-state index in [-0.39, 0.29) is 11.3 Å². The standard InChI is InChI=1S/C25H29BrN2O4/c1-4-27(5-2)14-7-15-28-22(18-8-6-9-19(26)16-18)21(24(30)25(28)31)23(29)17-10-12-20(32-3)13-11-17/h6,8-13,16,22,29H,4-5,7,14-15H2,1-3H3/b23-21+/t22-/m1/s1. The van der Waals surface area contributed by atoms with Crippen molar-refractivity contribution in [3.8, 4) is 5.75 Å². The molecule has 1 aliphatic heterocycles. The fourth-order valence-electron chi connectivity index (χ4n) is 4.04. The summed E-state index contributed by atoms with van der Waals surface area (Å²) in [5.74, 6) is -0.778. The van der Waals surface area contributed by atoms with Crippen LogP contribution in [0, 0.1) is 0 Å². The molecule has 1 fully saturated rings. The molecule has 6 nitrogen and oxygen atoms in total. The zero-order valence-corrected chi connectivity index (χ0v) is 20.3. The van der Waals surface area contributed by atoms with Crippen molar-refractivity contribution in [1.82, 2.24) is 9.80 Å². The number of nitrogens with zero attached hydrogens (tertiary/aromatic N) is 2. The Balaban J connectivity index is 2.02. The summed E-state index contributed by atoms with van der Waals surface area (Å²) in [6, 6.07) is 13.6.